The van der Waals surface area contributed by atoms with Crippen LogP contribution in [0.15, 0.2) is 52.3 Å². The van der Waals surface area contributed by atoms with Crippen LogP contribution in [0.2, 0.25) is 0 Å². The van der Waals surface area contributed by atoms with E-state index in [2.05, 4.69) is 31.2 Å². The third kappa shape index (κ3) is 1.69. The van der Waals surface area contributed by atoms with Crippen LogP contribution in [0.1, 0.15) is 22.6 Å². The maximum atomic E-state index is 11.4. The topological polar surface area (TPSA) is 17.1 Å². The van der Waals surface area contributed by atoms with E-state index in [9.17, 15) is 4.79 Å². The number of fused-ring (bicyclic) bond motifs is 2. The molecular formula is C15H12OS. The summed E-state index contributed by atoms with van der Waals surface area (Å²) in [5.41, 5.74) is 3.48. The van der Waals surface area contributed by atoms with E-state index in [0.29, 0.717) is 0 Å². The molecule has 1 heterocycles. The van der Waals surface area contributed by atoms with Gasteiger partial charge in [-0.1, -0.05) is 47.7 Å². The molecule has 84 valence electrons. The Labute approximate surface area is 105 Å². The van der Waals surface area contributed by atoms with Crippen molar-refractivity contribution in [2.45, 2.75) is 22.6 Å². The second-order valence-corrected chi connectivity index (χ2v) is 5.38. The highest BCUT2D eigenvalue weighted by Crippen LogP contribution is 2.44. The predicted octanol–water partition coefficient (Wildman–Crippen LogP) is 3.79. The fraction of sp³-hybridized carbons (Fsp3) is 0.133. The van der Waals surface area contributed by atoms with Crippen LogP contribution in [-0.2, 0) is 4.79 Å². The average Bonchev–Trinajstić information content (AvgIpc) is 2.36. The van der Waals surface area contributed by atoms with Crippen LogP contribution in [0.3, 0.4) is 0 Å². The molecule has 1 aliphatic rings. The molecule has 1 aliphatic heterocycles. The molecule has 0 spiro atoms. The maximum Gasteiger partial charge on any atom is 0.131 e. The molecule has 2 aromatic carbocycles. The van der Waals surface area contributed by atoms with Gasteiger partial charge in [-0.3, -0.25) is 0 Å². The smallest absolute Gasteiger partial charge is 0.131 e. The third-order valence-electron chi connectivity index (χ3n) is 3.11. The highest BCUT2D eigenvalue weighted by molar-refractivity contribution is 7.99. The van der Waals surface area contributed by atoms with E-state index in [1.165, 1.54) is 15.4 Å². The second-order valence-electron chi connectivity index (χ2n) is 4.29. The lowest BCUT2D eigenvalue weighted by molar-refractivity contribution is -0.108. The Balaban J connectivity index is 2.22. The van der Waals surface area contributed by atoms with Crippen LogP contribution in [-0.4, -0.2) is 6.29 Å². The van der Waals surface area contributed by atoms with Crippen molar-refractivity contribution in [2.24, 2.45) is 0 Å². The zero-order chi connectivity index (χ0) is 11.8. The summed E-state index contributed by atoms with van der Waals surface area (Å²) in [7, 11) is 0. The van der Waals surface area contributed by atoms with Gasteiger partial charge >= 0.3 is 0 Å². The first-order valence-corrected chi connectivity index (χ1v) is 6.44. The second kappa shape index (κ2) is 4.04. The minimum absolute atomic E-state index is 0.109. The van der Waals surface area contributed by atoms with Gasteiger partial charge in [0.2, 0.25) is 0 Å². The summed E-state index contributed by atoms with van der Waals surface area (Å²) >= 11 is 1.75. The van der Waals surface area contributed by atoms with Crippen LogP contribution in [0.4, 0.5) is 0 Å². The summed E-state index contributed by atoms with van der Waals surface area (Å²) < 4.78 is 0. The molecule has 2 aromatic rings. The lowest BCUT2D eigenvalue weighted by Gasteiger charge is -2.24. The van der Waals surface area contributed by atoms with Crippen LogP contribution in [0.5, 0.6) is 0 Å². The van der Waals surface area contributed by atoms with Gasteiger partial charge in [-0.15, -0.1) is 0 Å². The van der Waals surface area contributed by atoms with E-state index in [1.807, 2.05) is 18.2 Å². The van der Waals surface area contributed by atoms with Crippen molar-refractivity contribution in [3.63, 3.8) is 0 Å². The monoisotopic (exact) mass is 240 g/mol. The van der Waals surface area contributed by atoms with Gasteiger partial charge in [-0.05, 0) is 30.2 Å². The summed E-state index contributed by atoms with van der Waals surface area (Å²) in [6.45, 7) is 2.06. The molecule has 2 heteroatoms. The van der Waals surface area contributed by atoms with Crippen LogP contribution in [0, 0.1) is 6.92 Å². The molecule has 0 aliphatic carbocycles. The summed E-state index contributed by atoms with van der Waals surface area (Å²) in [6.07, 6.45) is 1.05. The zero-order valence-electron chi connectivity index (χ0n) is 9.51. The molecular weight excluding hydrogens is 228 g/mol. The third-order valence-corrected chi connectivity index (χ3v) is 4.29. The Bertz CT molecular complexity index is 589. The number of carbonyl (C=O) groups is 1. The number of carbonyl (C=O) groups excluding carboxylic acids is 1. The molecule has 0 bridgehead atoms. The highest BCUT2D eigenvalue weighted by Gasteiger charge is 2.25. The molecule has 1 nitrogen and oxygen atoms in total. The SMILES string of the molecule is Cc1ccc2c(c1)C(C=O)c1ccccc1S2. The Morgan fingerprint density at radius 1 is 1.06 bits per heavy atom. The summed E-state index contributed by atoms with van der Waals surface area (Å²) in [4.78, 5) is 13.8. The van der Waals surface area contributed by atoms with Crippen LogP contribution >= 0.6 is 11.8 Å². The first kappa shape index (κ1) is 10.6. The largest absolute Gasteiger partial charge is 0.302 e. The van der Waals surface area contributed by atoms with Crippen molar-refractivity contribution >= 4 is 18.0 Å². The van der Waals surface area contributed by atoms with Gasteiger partial charge < -0.3 is 4.79 Å². The predicted molar refractivity (Wildman–Crippen MR) is 69.7 cm³/mol. The van der Waals surface area contributed by atoms with Crippen molar-refractivity contribution in [1.82, 2.24) is 0 Å². The highest BCUT2D eigenvalue weighted by atomic mass is 32.2. The number of hydrogen-bond acceptors (Lipinski definition) is 2. The number of aryl methyl sites for hydroxylation is 1. The van der Waals surface area contributed by atoms with Crippen molar-refractivity contribution in [3.8, 4) is 0 Å². The molecule has 0 amide bonds. The van der Waals surface area contributed by atoms with E-state index >= 15 is 0 Å². The van der Waals surface area contributed by atoms with Crippen LogP contribution < -0.4 is 0 Å². The molecule has 0 fully saturated rings. The molecule has 0 N–H and O–H groups in total. The molecule has 1 atom stereocenters. The minimum atomic E-state index is -0.109. The van der Waals surface area contributed by atoms with Crippen LogP contribution in [0.25, 0.3) is 0 Å². The Morgan fingerprint density at radius 2 is 1.82 bits per heavy atom. The number of hydrogen-bond donors (Lipinski definition) is 0. The summed E-state index contributed by atoms with van der Waals surface area (Å²) in [6, 6.07) is 14.5. The number of rotatable bonds is 1. The van der Waals surface area contributed by atoms with Crippen molar-refractivity contribution in [1.29, 1.82) is 0 Å². The van der Waals surface area contributed by atoms with E-state index in [0.717, 1.165) is 17.4 Å². The maximum absolute atomic E-state index is 11.4. The molecule has 0 radical (unpaired) electrons. The molecule has 0 saturated heterocycles. The van der Waals surface area contributed by atoms with Crippen molar-refractivity contribution in [2.75, 3.05) is 0 Å². The fourth-order valence-corrected chi connectivity index (χ4v) is 3.40. The van der Waals surface area contributed by atoms with Gasteiger partial charge in [0.1, 0.15) is 6.29 Å². The Morgan fingerprint density at radius 3 is 2.65 bits per heavy atom. The first-order valence-electron chi connectivity index (χ1n) is 5.62. The minimum Gasteiger partial charge on any atom is -0.302 e. The standard InChI is InChI=1S/C15H12OS/c1-10-6-7-15-12(8-10)13(9-16)11-4-2-3-5-14(11)17-15/h2-9,13H,1H3. The molecule has 0 aromatic heterocycles. The van der Waals surface area contributed by atoms with Gasteiger partial charge in [0.05, 0.1) is 5.92 Å². The van der Waals surface area contributed by atoms with Gasteiger partial charge in [0.25, 0.3) is 0 Å². The summed E-state index contributed by atoms with van der Waals surface area (Å²) in [5.74, 6) is -0.109. The van der Waals surface area contributed by atoms with Gasteiger partial charge in [0.15, 0.2) is 0 Å². The number of aldehydes is 1. The van der Waals surface area contributed by atoms with Gasteiger partial charge in [0, 0.05) is 9.79 Å². The lowest BCUT2D eigenvalue weighted by atomic mass is 9.91. The van der Waals surface area contributed by atoms with E-state index in [4.69, 9.17) is 0 Å². The molecule has 1 unspecified atom stereocenters. The van der Waals surface area contributed by atoms with E-state index in [1.54, 1.807) is 11.8 Å². The zero-order valence-corrected chi connectivity index (χ0v) is 10.3. The molecule has 17 heavy (non-hydrogen) atoms. The number of benzene rings is 2. The Kier molecular flexibility index (Phi) is 2.52. The normalized spacial score (nSPS) is 17.1. The van der Waals surface area contributed by atoms with E-state index < -0.39 is 0 Å². The van der Waals surface area contributed by atoms with Gasteiger partial charge in [-0.25, -0.2) is 0 Å². The summed E-state index contributed by atoms with van der Waals surface area (Å²) in [5, 5.41) is 0. The van der Waals surface area contributed by atoms with Gasteiger partial charge in [-0.2, -0.15) is 0 Å². The quantitative estimate of drug-likeness (QED) is 0.705. The molecule has 0 saturated carbocycles. The lowest BCUT2D eigenvalue weighted by Crippen LogP contribution is -2.09. The Hall–Kier alpha value is -1.54. The average molecular weight is 240 g/mol. The van der Waals surface area contributed by atoms with Crippen molar-refractivity contribution < 1.29 is 4.79 Å². The van der Waals surface area contributed by atoms with Crippen molar-refractivity contribution in [3.05, 3.63) is 59.2 Å². The van der Waals surface area contributed by atoms with E-state index in [-0.39, 0.29) is 5.92 Å². The fourth-order valence-electron chi connectivity index (χ4n) is 2.27. The molecule has 3 rings (SSSR count). The first-order chi connectivity index (χ1) is 8.29.